The highest BCUT2D eigenvalue weighted by molar-refractivity contribution is 6.04. The predicted molar refractivity (Wildman–Crippen MR) is 103 cm³/mol. The number of furan rings is 1. The molecule has 1 aromatic carbocycles. The van der Waals surface area contributed by atoms with Crippen molar-refractivity contribution in [2.75, 3.05) is 11.5 Å². The molecular weight excluding hydrogens is 378 g/mol. The molecule has 0 radical (unpaired) electrons. The van der Waals surface area contributed by atoms with Gasteiger partial charge in [-0.3, -0.25) is 19.9 Å². The minimum Gasteiger partial charge on any atom is -0.462 e. The smallest absolute Gasteiger partial charge is 0.433 e. The van der Waals surface area contributed by atoms with Gasteiger partial charge in [-0.05, 0) is 55.0 Å². The third-order valence-electron chi connectivity index (χ3n) is 4.01. The number of nitrogens with zero attached hydrogens (tertiary/aromatic N) is 3. The summed E-state index contributed by atoms with van der Waals surface area (Å²) < 4.78 is 10.0. The van der Waals surface area contributed by atoms with E-state index in [1.165, 1.54) is 11.0 Å². The molecule has 0 atom stereocenters. The first-order chi connectivity index (χ1) is 14.0. The molecule has 0 spiro atoms. The van der Waals surface area contributed by atoms with Gasteiger partial charge in [0.15, 0.2) is 5.76 Å². The van der Waals surface area contributed by atoms with E-state index >= 15 is 0 Å². The van der Waals surface area contributed by atoms with Gasteiger partial charge in [-0.2, -0.15) is 0 Å². The number of carbonyl (C=O) groups excluding carboxylic acids is 2. The molecule has 0 aliphatic heterocycles. The monoisotopic (exact) mass is 395 g/mol. The maximum Gasteiger partial charge on any atom is 0.433 e. The van der Waals surface area contributed by atoms with Gasteiger partial charge in [-0.1, -0.05) is 0 Å². The molecule has 3 aromatic rings. The molecule has 0 aliphatic rings. The Kier molecular flexibility index (Phi) is 5.98. The molecule has 0 unspecified atom stereocenters. The first kappa shape index (κ1) is 19.7. The summed E-state index contributed by atoms with van der Waals surface area (Å²) in [4.78, 5) is 40.4. The highest BCUT2D eigenvalue weighted by Gasteiger charge is 2.24. The number of ether oxygens (including phenoxy) is 1. The Labute approximate surface area is 165 Å². The van der Waals surface area contributed by atoms with Crippen molar-refractivity contribution in [2.45, 2.75) is 13.5 Å². The lowest BCUT2D eigenvalue weighted by Gasteiger charge is -2.22. The topological polar surface area (TPSA) is 116 Å². The van der Waals surface area contributed by atoms with E-state index in [9.17, 15) is 19.7 Å². The van der Waals surface area contributed by atoms with E-state index in [1.54, 1.807) is 55.7 Å². The second kappa shape index (κ2) is 8.79. The molecule has 0 bridgehead atoms. The standard InChI is InChI=1S/C20H17N3O6/c1-2-28-20(25)15-3-5-16(6-4-15)22(13-14-9-11-21-12-10-14)19(24)17-7-8-18(29-17)23(26)27/h3-12H,2,13H2,1H3. The SMILES string of the molecule is CCOC(=O)c1ccc(N(Cc2ccncc2)C(=O)c2ccc([N+](=O)[O-])o2)cc1. The number of benzene rings is 1. The van der Waals surface area contributed by atoms with Crippen molar-refractivity contribution in [1.82, 2.24) is 4.98 Å². The van der Waals surface area contributed by atoms with E-state index < -0.39 is 22.7 Å². The normalized spacial score (nSPS) is 10.4. The van der Waals surface area contributed by atoms with Crippen molar-refractivity contribution < 1.29 is 23.7 Å². The minimum absolute atomic E-state index is 0.166. The number of esters is 1. The van der Waals surface area contributed by atoms with Crippen LogP contribution in [0.15, 0.2) is 65.3 Å². The maximum absolute atomic E-state index is 13.0. The second-order valence-electron chi connectivity index (χ2n) is 5.91. The van der Waals surface area contributed by atoms with Gasteiger partial charge in [0.05, 0.1) is 24.8 Å². The predicted octanol–water partition coefficient (Wildman–Crippen LogP) is 3.61. The fourth-order valence-electron chi connectivity index (χ4n) is 2.62. The van der Waals surface area contributed by atoms with Crippen LogP contribution in [0.3, 0.4) is 0 Å². The van der Waals surface area contributed by atoms with Crippen molar-refractivity contribution in [2.24, 2.45) is 0 Å². The fourth-order valence-corrected chi connectivity index (χ4v) is 2.62. The summed E-state index contributed by atoms with van der Waals surface area (Å²) >= 11 is 0. The number of nitro groups is 1. The molecule has 0 saturated heterocycles. The van der Waals surface area contributed by atoms with Crippen LogP contribution in [0.25, 0.3) is 0 Å². The van der Waals surface area contributed by atoms with Gasteiger partial charge in [-0.25, -0.2) is 4.79 Å². The summed E-state index contributed by atoms with van der Waals surface area (Å²) in [6, 6.07) is 12.2. The van der Waals surface area contributed by atoms with Gasteiger partial charge >= 0.3 is 11.9 Å². The first-order valence-electron chi connectivity index (χ1n) is 8.71. The molecule has 148 valence electrons. The summed E-state index contributed by atoms with van der Waals surface area (Å²) in [5.74, 6) is -1.71. The number of anilines is 1. The Morgan fingerprint density at radius 2 is 1.79 bits per heavy atom. The maximum atomic E-state index is 13.0. The Morgan fingerprint density at radius 1 is 1.10 bits per heavy atom. The highest BCUT2D eigenvalue weighted by Crippen LogP contribution is 2.24. The molecule has 29 heavy (non-hydrogen) atoms. The molecule has 0 N–H and O–H groups in total. The van der Waals surface area contributed by atoms with Crippen molar-refractivity contribution >= 4 is 23.4 Å². The van der Waals surface area contributed by atoms with Crippen LogP contribution in [-0.2, 0) is 11.3 Å². The van der Waals surface area contributed by atoms with Crippen molar-refractivity contribution in [1.29, 1.82) is 0 Å². The van der Waals surface area contributed by atoms with Crippen molar-refractivity contribution in [3.05, 3.63) is 87.9 Å². The van der Waals surface area contributed by atoms with Crippen molar-refractivity contribution in [3.63, 3.8) is 0 Å². The van der Waals surface area contributed by atoms with Crippen LogP contribution in [0.1, 0.15) is 33.4 Å². The molecule has 0 saturated carbocycles. The number of carbonyl (C=O) groups is 2. The van der Waals surface area contributed by atoms with Gasteiger partial charge < -0.3 is 14.1 Å². The number of hydrogen-bond donors (Lipinski definition) is 0. The molecule has 2 aromatic heterocycles. The van der Waals surface area contributed by atoms with E-state index in [4.69, 9.17) is 9.15 Å². The van der Waals surface area contributed by atoms with Gasteiger partial charge in [0.25, 0.3) is 5.91 Å². The molecular formula is C20H17N3O6. The van der Waals surface area contributed by atoms with Crippen LogP contribution in [0.4, 0.5) is 11.6 Å². The fraction of sp³-hybridized carbons (Fsp3) is 0.150. The van der Waals surface area contributed by atoms with Crippen molar-refractivity contribution in [3.8, 4) is 0 Å². The summed E-state index contributed by atoms with van der Waals surface area (Å²) in [5, 5.41) is 10.9. The Balaban J connectivity index is 1.93. The second-order valence-corrected chi connectivity index (χ2v) is 5.91. The summed E-state index contributed by atoms with van der Waals surface area (Å²) in [7, 11) is 0. The number of pyridine rings is 1. The lowest BCUT2D eigenvalue weighted by Crippen LogP contribution is -2.30. The zero-order valence-electron chi connectivity index (χ0n) is 15.5. The zero-order valence-corrected chi connectivity index (χ0v) is 15.5. The van der Waals surface area contributed by atoms with E-state index in [0.29, 0.717) is 11.3 Å². The third kappa shape index (κ3) is 4.64. The average Bonchev–Trinajstić information content (AvgIpc) is 3.23. The van der Waals surface area contributed by atoms with Crippen LogP contribution in [0.2, 0.25) is 0 Å². The van der Waals surface area contributed by atoms with Crippen LogP contribution in [-0.4, -0.2) is 28.4 Å². The average molecular weight is 395 g/mol. The lowest BCUT2D eigenvalue weighted by molar-refractivity contribution is -0.402. The van der Waals surface area contributed by atoms with Crippen LogP contribution >= 0.6 is 0 Å². The lowest BCUT2D eigenvalue weighted by atomic mass is 10.1. The molecule has 9 heteroatoms. The van der Waals surface area contributed by atoms with Crippen LogP contribution < -0.4 is 4.90 Å². The van der Waals surface area contributed by atoms with E-state index in [0.717, 1.165) is 11.6 Å². The quantitative estimate of drug-likeness (QED) is 0.341. The van der Waals surface area contributed by atoms with Crippen LogP contribution in [0.5, 0.6) is 0 Å². The van der Waals surface area contributed by atoms with Gasteiger partial charge in [0, 0.05) is 18.1 Å². The third-order valence-corrected chi connectivity index (χ3v) is 4.01. The Bertz CT molecular complexity index is 1010. The summed E-state index contributed by atoms with van der Waals surface area (Å²) in [5.41, 5.74) is 1.63. The number of hydrogen-bond acceptors (Lipinski definition) is 7. The highest BCUT2D eigenvalue weighted by atomic mass is 16.6. The van der Waals surface area contributed by atoms with Crippen LogP contribution in [0, 0.1) is 10.1 Å². The minimum atomic E-state index is -0.710. The molecule has 9 nitrogen and oxygen atoms in total. The Hall–Kier alpha value is -4.01. The summed E-state index contributed by atoms with van der Waals surface area (Å²) in [6.45, 7) is 2.14. The van der Waals surface area contributed by atoms with E-state index in [1.807, 2.05) is 0 Å². The number of aromatic nitrogens is 1. The molecule has 1 amide bonds. The molecule has 0 fully saturated rings. The largest absolute Gasteiger partial charge is 0.462 e. The first-order valence-corrected chi connectivity index (χ1v) is 8.71. The van der Waals surface area contributed by atoms with E-state index in [2.05, 4.69) is 4.98 Å². The zero-order chi connectivity index (χ0) is 20.8. The number of rotatable bonds is 7. The molecule has 0 aliphatic carbocycles. The number of amides is 1. The molecule has 2 heterocycles. The van der Waals surface area contributed by atoms with Gasteiger partial charge in [-0.15, -0.1) is 0 Å². The van der Waals surface area contributed by atoms with Gasteiger partial charge in [0.1, 0.15) is 4.92 Å². The molecule has 3 rings (SSSR count). The Morgan fingerprint density at radius 3 is 2.38 bits per heavy atom. The van der Waals surface area contributed by atoms with E-state index in [-0.39, 0.29) is 18.9 Å². The van der Waals surface area contributed by atoms with Gasteiger partial charge in [0.2, 0.25) is 0 Å². The summed E-state index contributed by atoms with van der Waals surface area (Å²) in [6.07, 6.45) is 3.19.